The lowest BCUT2D eigenvalue weighted by molar-refractivity contribution is -0.136. The van der Waals surface area contributed by atoms with Gasteiger partial charge in [-0.1, -0.05) is 19.1 Å². The van der Waals surface area contributed by atoms with E-state index in [0.717, 1.165) is 25.2 Å². The van der Waals surface area contributed by atoms with Crippen molar-refractivity contribution in [3.05, 3.63) is 53.9 Å². The maximum absolute atomic E-state index is 12.3. The van der Waals surface area contributed by atoms with Gasteiger partial charge in [0.05, 0.1) is 19.3 Å². The van der Waals surface area contributed by atoms with Gasteiger partial charge in [-0.3, -0.25) is 14.5 Å². The van der Waals surface area contributed by atoms with Crippen LogP contribution in [0, 0.1) is 0 Å². The molecule has 2 amide bonds. The molecule has 28 heavy (non-hydrogen) atoms. The quantitative estimate of drug-likeness (QED) is 0.744. The molecule has 0 radical (unpaired) electrons. The third-order valence-corrected chi connectivity index (χ3v) is 5.09. The monoisotopic (exact) mass is 384 g/mol. The van der Waals surface area contributed by atoms with Crippen molar-refractivity contribution in [3.63, 3.8) is 0 Å². The number of hydrogen-bond acceptors (Lipinski definition) is 4. The first kappa shape index (κ1) is 20.1. The van der Waals surface area contributed by atoms with Crippen LogP contribution in [0.25, 0.3) is 0 Å². The number of aryl methyl sites for hydroxylation is 2. The first-order valence-electron chi connectivity index (χ1n) is 9.69. The van der Waals surface area contributed by atoms with Gasteiger partial charge >= 0.3 is 11.8 Å². The molecular formula is C21H28N4O3. The molecule has 0 saturated carbocycles. The van der Waals surface area contributed by atoms with Crippen molar-refractivity contribution < 1.29 is 14.3 Å². The lowest BCUT2D eigenvalue weighted by Crippen LogP contribution is -2.46. The predicted octanol–water partition coefficient (Wildman–Crippen LogP) is 1.72. The summed E-state index contributed by atoms with van der Waals surface area (Å²) >= 11 is 0. The van der Waals surface area contributed by atoms with Gasteiger partial charge in [0.1, 0.15) is 0 Å². The first-order valence-corrected chi connectivity index (χ1v) is 9.69. The predicted molar refractivity (Wildman–Crippen MR) is 108 cm³/mol. The number of nitrogens with one attached hydrogen (secondary N) is 2. The Kier molecular flexibility index (Phi) is 6.84. The number of anilines is 1. The molecule has 1 atom stereocenters. The largest absolute Gasteiger partial charge is 0.379 e. The lowest BCUT2D eigenvalue weighted by atomic mass is 10.1. The Morgan fingerprint density at radius 1 is 1.11 bits per heavy atom. The maximum Gasteiger partial charge on any atom is 0.313 e. The van der Waals surface area contributed by atoms with Gasteiger partial charge in [-0.15, -0.1) is 0 Å². The van der Waals surface area contributed by atoms with Crippen LogP contribution in [-0.4, -0.2) is 54.1 Å². The zero-order chi connectivity index (χ0) is 19.9. The molecule has 2 heterocycles. The zero-order valence-corrected chi connectivity index (χ0v) is 16.5. The number of carbonyl (C=O) groups is 2. The number of nitrogens with zero attached hydrogens (tertiary/aromatic N) is 2. The molecule has 1 aromatic heterocycles. The summed E-state index contributed by atoms with van der Waals surface area (Å²) in [6.45, 7) is 5.35. The van der Waals surface area contributed by atoms with Crippen molar-refractivity contribution in [2.45, 2.75) is 19.4 Å². The molecule has 3 rings (SSSR count). The van der Waals surface area contributed by atoms with Gasteiger partial charge in [0, 0.05) is 44.3 Å². The number of aromatic nitrogens is 1. The smallest absolute Gasteiger partial charge is 0.313 e. The van der Waals surface area contributed by atoms with Gasteiger partial charge in [-0.25, -0.2) is 0 Å². The first-order chi connectivity index (χ1) is 13.6. The number of morpholine rings is 1. The average Bonchev–Trinajstić information content (AvgIpc) is 3.15. The van der Waals surface area contributed by atoms with E-state index in [1.807, 2.05) is 54.2 Å². The highest BCUT2D eigenvalue weighted by Crippen LogP contribution is 2.21. The Labute approximate surface area is 165 Å². The number of rotatable bonds is 6. The molecule has 7 nitrogen and oxygen atoms in total. The number of hydrogen-bond donors (Lipinski definition) is 2. The minimum atomic E-state index is -0.656. The standard InChI is InChI=1S/C21H28N4O3/c1-3-16-6-8-17(9-7-16)23-21(27)20(26)22-15-19(18-5-4-10-24(18)2)25-11-13-28-14-12-25/h4-10,19H,3,11-15H2,1-2H3,(H,22,26)(H,23,27). The van der Waals surface area contributed by atoms with E-state index in [9.17, 15) is 9.59 Å². The molecule has 0 spiro atoms. The molecule has 1 fully saturated rings. The fourth-order valence-electron chi connectivity index (χ4n) is 3.41. The Bertz CT molecular complexity index is 794. The van der Waals surface area contributed by atoms with Crippen LogP contribution in [0.2, 0.25) is 0 Å². The second-order valence-electron chi connectivity index (χ2n) is 6.92. The van der Waals surface area contributed by atoms with Crippen molar-refractivity contribution >= 4 is 17.5 Å². The van der Waals surface area contributed by atoms with Crippen molar-refractivity contribution in [3.8, 4) is 0 Å². The van der Waals surface area contributed by atoms with Gasteiger partial charge in [0.2, 0.25) is 0 Å². The highest BCUT2D eigenvalue weighted by Gasteiger charge is 2.26. The van der Waals surface area contributed by atoms with Crippen molar-refractivity contribution in [2.24, 2.45) is 7.05 Å². The Morgan fingerprint density at radius 3 is 2.43 bits per heavy atom. The third kappa shape index (κ3) is 4.99. The van der Waals surface area contributed by atoms with Crippen LogP contribution in [0.1, 0.15) is 24.2 Å². The Balaban J connectivity index is 1.60. The molecule has 1 aliphatic heterocycles. The summed E-state index contributed by atoms with van der Waals surface area (Å²) in [4.78, 5) is 26.9. The van der Waals surface area contributed by atoms with E-state index in [2.05, 4.69) is 22.5 Å². The molecule has 1 aromatic carbocycles. The number of benzene rings is 1. The van der Waals surface area contributed by atoms with Gasteiger partial charge in [-0.05, 0) is 36.2 Å². The Hall–Kier alpha value is -2.64. The second-order valence-corrected chi connectivity index (χ2v) is 6.92. The summed E-state index contributed by atoms with van der Waals surface area (Å²) in [6, 6.07) is 11.5. The van der Waals surface area contributed by atoms with Crippen molar-refractivity contribution in [1.82, 2.24) is 14.8 Å². The SMILES string of the molecule is CCc1ccc(NC(=O)C(=O)NCC(c2cccn2C)N2CCOCC2)cc1. The van der Waals surface area contributed by atoms with E-state index in [4.69, 9.17) is 4.74 Å². The molecule has 0 bridgehead atoms. The number of ether oxygens (including phenoxy) is 1. The summed E-state index contributed by atoms with van der Waals surface area (Å²) in [7, 11) is 1.98. The minimum absolute atomic E-state index is 0.00973. The topological polar surface area (TPSA) is 75.6 Å². The maximum atomic E-state index is 12.3. The number of carbonyl (C=O) groups excluding carboxylic acids is 2. The fourth-order valence-corrected chi connectivity index (χ4v) is 3.41. The molecule has 0 aliphatic carbocycles. The molecular weight excluding hydrogens is 356 g/mol. The summed E-state index contributed by atoms with van der Waals surface area (Å²) < 4.78 is 7.49. The van der Waals surface area contributed by atoms with Crippen LogP contribution in [-0.2, 0) is 27.8 Å². The van der Waals surface area contributed by atoms with Crippen LogP contribution in [0.3, 0.4) is 0 Å². The average molecular weight is 384 g/mol. The van der Waals surface area contributed by atoms with E-state index >= 15 is 0 Å². The van der Waals surface area contributed by atoms with Gasteiger partial charge in [0.25, 0.3) is 0 Å². The van der Waals surface area contributed by atoms with Crippen LogP contribution in [0.5, 0.6) is 0 Å². The lowest BCUT2D eigenvalue weighted by Gasteiger charge is -2.34. The van der Waals surface area contributed by atoms with Crippen LogP contribution < -0.4 is 10.6 Å². The van der Waals surface area contributed by atoms with Gasteiger partial charge < -0.3 is 19.9 Å². The van der Waals surface area contributed by atoms with E-state index in [1.54, 1.807) is 0 Å². The molecule has 1 unspecified atom stereocenters. The highest BCUT2D eigenvalue weighted by atomic mass is 16.5. The summed E-state index contributed by atoms with van der Waals surface area (Å²) in [5.41, 5.74) is 2.89. The van der Waals surface area contributed by atoms with Gasteiger partial charge in [-0.2, -0.15) is 0 Å². The molecule has 2 N–H and O–H groups in total. The van der Waals surface area contributed by atoms with E-state index in [1.165, 1.54) is 5.56 Å². The molecule has 2 aromatic rings. The highest BCUT2D eigenvalue weighted by molar-refractivity contribution is 6.39. The molecule has 7 heteroatoms. The van der Waals surface area contributed by atoms with Crippen LogP contribution >= 0.6 is 0 Å². The zero-order valence-electron chi connectivity index (χ0n) is 16.5. The van der Waals surface area contributed by atoms with Crippen LogP contribution in [0.4, 0.5) is 5.69 Å². The van der Waals surface area contributed by atoms with Crippen molar-refractivity contribution in [2.75, 3.05) is 38.2 Å². The fraction of sp³-hybridized carbons (Fsp3) is 0.429. The summed E-state index contributed by atoms with van der Waals surface area (Å²) in [5, 5.41) is 5.44. The van der Waals surface area contributed by atoms with Crippen LogP contribution in [0.15, 0.2) is 42.6 Å². The Morgan fingerprint density at radius 2 is 1.82 bits per heavy atom. The van der Waals surface area contributed by atoms with E-state index in [-0.39, 0.29) is 6.04 Å². The molecule has 1 saturated heterocycles. The molecule has 1 aliphatic rings. The summed E-state index contributed by atoms with van der Waals surface area (Å²) in [6.07, 6.45) is 2.91. The third-order valence-electron chi connectivity index (χ3n) is 5.09. The molecule has 150 valence electrons. The summed E-state index contributed by atoms with van der Waals surface area (Å²) in [5.74, 6) is -1.29. The second kappa shape index (κ2) is 9.52. The normalized spacial score (nSPS) is 15.8. The van der Waals surface area contributed by atoms with E-state index in [0.29, 0.717) is 25.4 Å². The van der Waals surface area contributed by atoms with Crippen molar-refractivity contribution in [1.29, 1.82) is 0 Å². The van der Waals surface area contributed by atoms with Gasteiger partial charge in [0.15, 0.2) is 0 Å². The minimum Gasteiger partial charge on any atom is -0.379 e. The van der Waals surface area contributed by atoms with E-state index < -0.39 is 11.8 Å². The number of amides is 2.